The number of nitrogens with zero attached hydrogens (tertiary/aromatic N) is 2. The highest BCUT2D eigenvalue weighted by molar-refractivity contribution is 6.32. The number of amides is 1. The molecule has 2 aromatic rings. The first-order chi connectivity index (χ1) is 9.75. The minimum Gasteiger partial charge on any atom is -0.338 e. The summed E-state index contributed by atoms with van der Waals surface area (Å²) in [6.45, 7) is 1.45. The lowest BCUT2D eigenvalue weighted by Crippen LogP contribution is -2.33. The summed E-state index contributed by atoms with van der Waals surface area (Å²) in [5.74, 6) is -0.0316. The van der Waals surface area contributed by atoms with E-state index in [1.165, 1.54) is 11.1 Å². The van der Waals surface area contributed by atoms with E-state index in [1.807, 2.05) is 17.0 Å². The summed E-state index contributed by atoms with van der Waals surface area (Å²) in [4.78, 5) is 18.4. The monoisotopic (exact) mass is 286 g/mol. The molecular weight excluding hydrogens is 272 g/mol. The zero-order valence-corrected chi connectivity index (χ0v) is 11.8. The van der Waals surface area contributed by atoms with Crippen molar-refractivity contribution in [1.82, 2.24) is 9.88 Å². The molecule has 0 radical (unpaired) electrons. The third-order valence-corrected chi connectivity index (χ3v) is 4.00. The molecule has 0 spiro atoms. The standard InChI is InChI=1S/C16H15ClN2O/c17-15-14(6-3-9-18-15)16(20)19-10-7-12-4-1-2-5-13(12)8-11-19/h1-6,9H,7-8,10-11H2. The first kappa shape index (κ1) is 13.1. The number of fused-ring (bicyclic) bond motifs is 1. The minimum atomic E-state index is -0.0316. The van der Waals surface area contributed by atoms with Gasteiger partial charge >= 0.3 is 0 Å². The summed E-state index contributed by atoms with van der Waals surface area (Å²) in [6, 6.07) is 11.9. The first-order valence-corrected chi connectivity index (χ1v) is 7.10. The number of aromatic nitrogens is 1. The lowest BCUT2D eigenvalue weighted by atomic mass is 10.0. The van der Waals surface area contributed by atoms with Crippen LogP contribution in [-0.4, -0.2) is 28.9 Å². The average molecular weight is 287 g/mol. The van der Waals surface area contributed by atoms with E-state index in [2.05, 4.69) is 17.1 Å². The Morgan fingerprint density at radius 1 is 1.05 bits per heavy atom. The Hall–Kier alpha value is -1.87. The molecule has 1 aromatic carbocycles. The van der Waals surface area contributed by atoms with Crippen molar-refractivity contribution in [2.75, 3.05) is 13.1 Å². The van der Waals surface area contributed by atoms with Crippen molar-refractivity contribution in [1.29, 1.82) is 0 Å². The van der Waals surface area contributed by atoms with Crippen molar-refractivity contribution < 1.29 is 4.79 Å². The lowest BCUT2D eigenvalue weighted by Gasteiger charge is -2.20. The fraction of sp³-hybridized carbons (Fsp3) is 0.250. The second-order valence-electron chi connectivity index (χ2n) is 4.90. The summed E-state index contributed by atoms with van der Waals surface area (Å²) in [5, 5.41) is 0.277. The molecule has 0 atom stereocenters. The number of pyridine rings is 1. The third-order valence-electron chi connectivity index (χ3n) is 3.70. The van der Waals surface area contributed by atoms with Crippen molar-refractivity contribution >= 4 is 17.5 Å². The van der Waals surface area contributed by atoms with Gasteiger partial charge in [-0.05, 0) is 36.1 Å². The molecule has 0 saturated carbocycles. The van der Waals surface area contributed by atoms with Gasteiger partial charge in [0.05, 0.1) is 5.56 Å². The van der Waals surface area contributed by atoms with Gasteiger partial charge in [-0.3, -0.25) is 4.79 Å². The molecule has 2 heterocycles. The second-order valence-corrected chi connectivity index (χ2v) is 5.26. The molecule has 3 rings (SSSR count). The van der Waals surface area contributed by atoms with E-state index < -0.39 is 0 Å². The molecule has 1 aliphatic rings. The molecule has 0 aliphatic carbocycles. The molecule has 1 aromatic heterocycles. The van der Waals surface area contributed by atoms with Crippen molar-refractivity contribution in [3.05, 3.63) is 64.4 Å². The van der Waals surface area contributed by atoms with Crippen LogP contribution in [0.3, 0.4) is 0 Å². The quantitative estimate of drug-likeness (QED) is 0.755. The Bertz CT molecular complexity index is 615. The number of carbonyl (C=O) groups excluding carboxylic acids is 1. The second kappa shape index (κ2) is 5.63. The SMILES string of the molecule is O=C(c1cccnc1Cl)N1CCc2ccccc2CC1. The number of hydrogen-bond donors (Lipinski definition) is 0. The molecule has 1 aliphatic heterocycles. The highest BCUT2D eigenvalue weighted by atomic mass is 35.5. The van der Waals surface area contributed by atoms with Crippen LogP contribution in [0.25, 0.3) is 0 Å². The molecule has 4 heteroatoms. The van der Waals surface area contributed by atoms with Crippen molar-refractivity contribution in [2.45, 2.75) is 12.8 Å². The van der Waals surface area contributed by atoms with Gasteiger partial charge in [0.1, 0.15) is 5.15 Å². The van der Waals surface area contributed by atoms with Crippen LogP contribution in [0.5, 0.6) is 0 Å². The third kappa shape index (κ3) is 2.54. The Kier molecular flexibility index (Phi) is 3.70. The van der Waals surface area contributed by atoms with E-state index in [-0.39, 0.29) is 11.1 Å². The largest absolute Gasteiger partial charge is 0.338 e. The maximum absolute atomic E-state index is 12.5. The van der Waals surface area contributed by atoms with Crippen LogP contribution in [0, 0.1) is 0 Å². The van der Waals surface area contributed by atoms with Crippen LogP contribution in [0.4, 0.5) is 0 Å². The Morgan fingerprint density at radius 2 is 1.70 bits per heavy atom. The zero-order valence-electron chi connectivity index (χ0n) is 11.1. The number of rotatable bonds is 1. The van der Waals surface area contributed by atoms with Crippen LogP contribution >= 0.6 is 11.6 Å². The molecule has 0 saturated heterocycles. The summed E-state index contributed by atoms with van der Waals surface area (Å²) in [5.41, 5.74) is 3.15. The van der Waals surface area contributed by atoms with E-state index in [1.54, 1.807) is 18.3 Å². The van der Waals surface area contributed by atoms with Crippen molar-refractivity contribution in [3.8, 4) is 0 Å². The van der Waals surface area contributed by atoms with Crippen LogP contribution in [0.15, 0.2) is 42.6 Å². The maximum atomic E-state index is 12.5. The zero-order chi connectivity index (χ0) is 13.9. The van der Waals surface area contributed by atoms with Gasteiger partial charge in [-0.1, -0.05) is 35.9 Å². The molecule has 0 unspecified atom stereocenters. The van der Waals surface area contributed by atoms with E-state index in [0.29, 0.717) is 5.56 Å². The molecular formula is C16H15ClN2O. The summed E-state index contributed by atoms with van der Waals surface area (Å²) < 4.78 is 0. The molecule has 0 bridgehead atoms. The van der Waals surface area contributed by atoms with E-state index in [0.717, 1.165) is 25.9 Å². The van der Waals surface area contributed by atoms with Crippen LogP contribution < -0.4 is 0 Å². The molecule has 0 fully saturated rings. The molecule has 1 amide bonds. The number of halogens is 1. The van der Waals surface area contributed by atoms with E-state index in [9.17, 15) is 4.79 Å². The summed E-state index contributed by atoms with van der Waals surface area (Å²) in [6.07, 6.45) is 3.37. The maximum Gasteiger partial charge on any atom is 0.257 e. The normalized spacial score (nSPS) is 14.6. The van der Waals surface area contributed by atoms with Gasteiger partial charge < -0.3 is 4.90 Å². The fourth-order valence-corrected chi connectivity index (χ4v) is 2.79. The predicted octanol–water partition coefficient (Wildman–Crippen LogP) is 2.98. The van der Waals surface area contributed by atoms with Crippen LogP contribution in [0.1, 0.15) is 21.5 Å². The van der Waals surface area contributed by atoms with Crippen LogP contribution in [-0.2, 0) is 12.8 Å². The molecule has 3 nitrogen and oxygen atoms in total. The van der Waals surface area contributed by atoms with Gasteiger partial charge in [0, 0.05) is 19.3 Å². The number of hydrogen-bond acceptors (Lipinski definition) is 2. The Balaban J connectivity index is 1.80. The average Bonchev–Trinajstić information content (AvgIpc) is 2.70. The number of benzene rings is 1. The summed E-state index contributed by atoms with van der Waals surface area (Å²) in [7, 11) is 0. The van der Waals surface area contributed by atoms with Gasteiger partial charge in [-0.15, -0.1) is 0 Å². The minimum absolute atomic E-state index is 0.0316. The number of carbonyl (C=O) groups is 1. The van der Waals surface area contributed by atoms with Crippen molar-refractivity contribution in [2.24, 2.45) is 0 Å². The van der Waals surface area contributed by atoms with Gasteiger partial charge in [-0.25, -0.2) is 4.98 Å². The van der Waals surface area contributed by atoms with Gasteiger partial charge in [0.25, 0.3) is 5.91 Å². The van der Waals surface area contributed by atoms with Gasteiger partial charge in [0.15, 0.2) is 0 Å². The van der Waals surface area contributed by atoms with E-state index in [4.69, 9.17) is 11.6 Å². The first-order valence-electron chi connectivity index (χ1n) is 6.72. The molecule has 20 heavy (non-hydrogen) atoms. The molecule has 0 N–H and O–H groups in total. The lowest BCUT2D eigenvalue weighted by molar-refractivity contribution is 0.0763. The Labute approximate surface area is 123 Å². The van der Waals surface area contributed by atoms with Gasteiger partial charge in [-0.2, -0.15) is 0 Å². The van der Waals surface area contributed by atoms with Crippen LogP contribution in [0.2, 0.25) is 5.15 Å². The topological polar surface area (TPSA) is 33.2 Å². The summed E-state index contributed by atoms with van der Waals surface area (Å²) >= 11 is 6.01. The molecule has 102 valence electrons. The van der Waals surface area contributed by atoms with Gasteiger partial charge in [0.2, 0.25) is 0 Å². The van der Waals surface area contributed by atoms with Crippen molar-refractivity contribution in [3.63, 3.8) is 0 Å². The van der Waals surface area contributed by atoms with E-state index >= 15 is 0 Å². The predicted molar refractivity (Wildman–Crippen MR) is 79.0 cm³/mol. The smallest absolute Gasteiger partial charge is 0.257 e. The fourth-order valence-electron chi connectivity index (χ4n) is 2.59. The highest BCUT2D eigenvalue weighted by Crippen LogP contribution is 2.19. The highest BCUT2D eigenvalue weighted by Gasteiger charge is 2.21. The Morgan fingerprint density at radius 3 is 2.30 bits per heavy atom.